The Morgan fingerprint density at radius 3 is 3.05 bits per heavy atom. The Kier molecular flexibility index (Phi) is 2.89. The van der Waals surface area contributed by atoms with Gasteiger partial charge >= 0.3 is 0 Å². The number of fused-ring (bicyclic) bond motifs is 3. The second-order valence-corrected chi connectivity index (χ2v) is 7.77. The van der Waals surface area contributed by atoms with Gasteiger partial charge in [-0.15, -0.1) is 0 Å². The van der Waals surface area contributed by atoms with Gasteiger partial charge in [-0.3, -0.25) is 4.90 Å². The Hall–Kier alpha value is -1.06. The van der Waals surface area contributed by atoms with Crippen LogP contribution in [-0.2, 0) is 11.8 Å². The van der Waals surface area contributed by atoms with Crippen molar-refractivity contribution in [2.24, 2.45) is 5.41 Å². The number of nitrogens with one attached hydrogen (secondary N) is 1. The Balaban J connectivity index is 1.80. The number of hydrogen-bond donors (Lipinski definition) is 1. The van der Waals surface area contributed by atoms with Crippen LogP contribution in [0.1, 0.15) is 37.3 Å². The van der Waals surface area contributed by atoms with Crippen molar-refractivity contribution in [3.8, 4) is 5.75 Å². The van der Waals surface area contributed by atoms with Crippen molar-refractivity contribution in [1.82, 2.24) is 10.2 Å². The monoisotopic (exact) mass is 286 g/mol. The van der Waals surface area contributed by atoms with E-state index < -0.39 is 0 Å². The molecular formula is C18H26N2O. The van der Waals surface area contributed by atoms with Crippen LogP contribution in [0.15, 0.2) is 18.2 Å². The van der Waals surface area contributed by atoms with E-state index in [9.17, 15) is 0 Å². The summed E-state index contributed by atoms with van der Waals surface area (Å²) in [5.74, 6) is 1.01. The van der Waals surface area contributed by atoms with Gasteiger partial charge < -0.3 is 10.1 Å². The highest BCUT2D eigenvalue weighted by Gasteiger charge is 2.54. The first-order valence-corrected chi connectivity index (χ1v) is 8.14. The lowest BCUT2D eigenvalue weighted by Crippen LogP contribution is -2.65. The molecule has 2 aliphatic carbocycles. The van der Waals surface area contributed by atoms with Gasteiger partial charge in [-0.2, -0.15) is 0 Å². The Bertz CT molecular complexity index is 572. The molecule has 1 aromatic carbocycles. The van der Waals surface area contributed by atoms with Crippen LogP contribution in [0.25, 0.3) is 0 Å². The molecule has 3 heteroatoms. The van der Waals surface area contributed by atoms with Crippen LogP contribution in [0.4, 0.5) is 0 Å². The second-order valence-electron chi connectivity index (χ2n) is 7.77. The van der Waals surface area contributed by atoms with E-state index >= 15 is 0 Å². The van der Waals surface area contributed by atoms with Gasteiger partial charge in [0.1, 0.15) is 5.75 Å². The van der Waals surface area contributed by atoms with Gasteiger partial charge in [0, 0.05) is 24.7 Å². The largest absolute Gasteiger partial charge is 0.497 e. The van der Waals surface area contributed by atoms with Gasteiger partial charge in [-0.05, 0) is 61.4 Å². The molecule has 1 N–H and O–H groups in total. The summed E-state index contributed by atoms with van der Waals surface area (Å²) >= 11 is 0. The zero-order chi connectivity index (χ0) is 14.7. The summed E-state index contributed by atoms with van der Waals surface area (Å²) in [6, 6.07) is 7.43. The Morgan fingerprint density at radius 1 is 1.38 bits per heavy atom. The molecule has 1 aromatic rings. The maximum atomic E-state index is 5.46. The average Bonchev–Trinajstić information content (AvgIpc) is 2.46. The van der Waals surface area contributed by atoms with Crippen LogP contribution < -0.4 is 10.1 Å². The fourth-order valence-corrected chi connectivity index (χ4v) is 5.35. The van der Waals surface area contributed by atoms with Gasteiger partial charge in [0.25, 0.3) is 0 Å². The summed E-state index contributed by atoms with van der Waals surface area (Å²) in [4.78, 5) is 2.46. The predicted octanol–water partition coefficient (Wildman–Crippen LogP) is 2.54. The number of hydrogen-bond acceptors (Lipinski definition) is 3. The summed E-state index contributed by atoms with van der Waals surface area (Å²) in [6.45, 7) is 4.74. The number of ether oxygens (including phenoxy) is 1. The van der Waals surface area contributed by atoms with E-state index in [0.717, 1.165) is 12.4 Å². The standard InChI is InChI=1S/C18H26N2O/c1-17-7-6-16-18(10-17,11-20(2)12-19-16)9-13-4-5-14(21-3)8-15(13)17/h4-5,8,16,19H,6-7,9-12H2,1-3H3/t16-,17-,18-/m1/s1. The van der Waals surface area contributed by atoms with E-state index in [1.807, 2.05) is 0 Å². The molecule has 0 aromatic heterocycles. The molecule has 0 amide bonds. The first kappa shape index (κ1) is 13.6. The fraction of sp³-hybridized carbons (Fsp3) is 0.667. The van der Waals surface area contributed by atoms with Crippen LogP contribution >= 0.6 is 0 Å². The quantitative estimate of drug-likeness (QED) is 0.858. The molecule has 1 saturated carbocycles. The average molecular weight is 286 g/mol. The molecule has 21 heavy (non-hydrogen) atoms. The molecule has 4 rings (SSSR count). The summed E-state index contributed by atoms with van der Waals surface area (Å²) in [5, 5.41) is 3.79. The second kappa shape index (κ2) is 4.47. The highest BCUT2D eigenvalue weighted by Crippen LogP contribution is 2.56. The maximum Gasteiger partial charge on any atom is 0.119 e. The normalized spacial score (nSPS) is 38.5. The molecule has 1 saturated heterocycles. The van der Waals surface area contributed by atoms with Crippen molar-refractivity contribution in [3.05, 3.63) is 29.3 Å². The Labute approximate surface area is 127 Å². The molecule has 2 fully saturated rings. The number of nitrogens with zero attached hydrogens (tertiary/aromatic N) is 1. The molecule has 1 heterocycles. The van der Waals surface area contributed by atoms with Crippen molar-refractivity contribution in [2.45, 2.75) is 44.1 Å². The summed E-state index contributed by atoms with van der Waals surface area (Å²) in [7, 11) is 4.01. The SMILES string of the molecule is COc1ccc2c(c1)[C@]1(C)CC[C@H]3NCN(C)C[C@@]3(C2)C1. The number of benzene rings is 1. The molecule has 114 valence electrons. The van der Waals surface area contributed by atoms with Gasteiger partial charge in [0.05, 0.1) is 7.11 Å². The summed E-state index contributed by atoms with van der Waals surface area (Å²) in [5.41, 5.74) is 3.82. The van der Waals surface area contributed by atoms with E-state index in [-0.39, 0.29) is 0 Å². The van der Waals surface area contributed by atoms with E-state index in [0.29, 0.717) is 16.9 Å². The minimum Gasteiger partial charge on any atom is -0.497 e. The van der Waals surface area contributed by atoms with Gasteiger partial charge in [0.15, 0.2) is 0 Å². The molecule has 1 spiro atoms. The maximum absolute atomic E-state index is 5.46. The van der Waals surface area contributed by atoms with Crippen molar-refractivity contribution in [1.29, 1.82) is 0 Å². The summed E-state index contributed by atoms with van der Waals surface area (Å²) in [6.07, 6.45) is 5.11. The summed E-state index contributed by atoms with van der Waals surface area (Å²) < 4.78 is 5.46. The predicted molar refractivity (Wildman–Crippen MR) is 84.8 cm³/mol. The lowest BCUT2D eigenvalue weighted by molar-refractivity contribution is -0.0134. The van der Waals surface area contributed by atoms with Crippen LogP contribution in [0.2, 0.25) is 0 Å². The molecule has 0 unspecified atom stereocenters. The van der Waals surface area contributed by atoms with Gasteiger partial charge in [0.2, 0.25) is 0 Å². The van der Waals surface area contributed by atoms with Gasteiger partial charge in [-0.25, -0.2) is 0 Å². The number of methoxy groups -OCH3 is 1. The molecule has 3 nitrogen and oxygen atoms in total. The minimum absolute atomic E-state index is 0.318. The van der Waals surface area contributed by atoms with Crippen LogP contribution in [0, 0.1) is 5.41 Å². The first-order chi connectivity index (χ1) is 10.0. The third-order valence-corrected chi connectivity index (χ3v) is 6.17. The fourth-order valence-electron chi connectivity index (χ4n) is 5.35. The van der Waals surface area contributed by atoms with E-state index in [2.05, 4.69) is 42.4 Å². The van der Waals surface area contributed by atoms with E-state index in [4.69, 9.17) is 4.74 Å². The van der Waals surface area contributed by atoms with E-state index in [1.165, 1.54) is 32.2 Å². The highest BCUT2D eigenvalue weighted by molar-refractivity contribution is 5.44. The molecular weight excluding hydrogens is 260 g/mol. The minimum atomic E-state index is 0.318. The highest BCUT2D eigenvalue weighted by atomic mass is 16.5. The van der Waals surface area contributed by atoms with E-state index in [1.54, 1.807) is 18.2 Å². The van der Waals surface area contributed by atoms with Crippen molar-refractivity contribution in [3.63, 3.8) is 0 Å². The Morgan fingerprint density at radius 2 is 2.24 bits per heavy atom. The molecule has 0 radical (unpaired) electrons. The zero-order valence-corrected chi connectivity index (χ0v) is 13.4. The molecule has 2 bridgehead atoms. The third kappa shape index (κ3) is 1.94. The lowest BCUT2D eigenvalue weighted by atomic mass is 9.51. The molecule has 3 atom stereocenters. The van der Waals surface area contributed by atoms with Crippen molar-refractivity contribution < 1.29 is 4.74 Å². The van der Waals surface area contributed by atoms with Crippen LogP contribution in [0.5, 0.6) is 5.75 Å². The zero-order valence-electron chi connectivity index (χ0n) is 13.4. The third-order valence-electron chi connectivity index (χ3n) is 6.17. The van der Waals surface area contributed by atoms with Crippen LogP contribution in [-0.4, -0.2) is 38.3 Å². The van der Waals surface area contributed by atoms with Crippen molar-refractivity contribution in [2.75, 3.05) is 27.4 Å². The topological polar surface area (TPSA) is 24.5 Å². The molecule has 3 aliphatic rings. The smallest absolute Gasteiger partial charge is 0.119 e. The van der Waals surface area contributed by atoms with Crippen molar-refractivity contribution >= 4 is 0 Å². The van der Waals surface area contributed by atoms with Gasteiger partial charge in [-0.1, -0.05) is 13.0 Å². The number of rotatable bonds is 1. The molecule has 1 aliphatic heterocycles. The first-order valence-electron chi connectivity index (χ1n) is 8.14. The van der Waals surface area contributed by atoms with Crippen LogP contribution in [0.3, 0.4) is 0 Å². The lowest BCUT2D eigenvalue weighted by Gasteiger charge is -2.59.